The molecule has 2 nitrogen and oxygen atoms in total. The summed E-state index contributed by atoms with van der Waals surface area (Å²) >= 11 is 0. The summed E-state index contributed by atoms with van der Waals surface area (Å²) in [4.78, 5) is 11.7. The third-order valence-corrected chi connectivity index (χ3v) is 1.54. The lowest BCUT2D eigenvalue weighted by molar-refractivity contribution is -0.116. The number of rotatable bonds is 2. The van der Waals surface area contributed by atoms with E-state index in [1.54, 1.807) is 6.92 Å². The fourth-order valence-corrected chi connectivity index (χ4v) is 0.818. The zero-order chi connectivity index (χ0) is 15.8. The third-order valence-electron chi connectivity index (χ3n) is 1.54. The molecular formula is C19H9NO. The Kier molecular flexibility index (Phi) is 10.3. The first kappa shape index (κ1) is 17.1. The summed E-state index contributed by atoms with van der Waals surface area (Å²) in [6, 6.07) is 0. The zero-order valence-corrected chi connectivity index (χ0v) is 11.4. The van der Waals surface area contributed by atoms with Crippen molar-refractivity contribution in [3.63, 3.8) is 0 Å². The molecular weight excluding hydrogens is 258 g/mol. The van der Waals surface area contributed by atoms with Crippen LogP contribution in [0.3, 0.4) is 0 Å². The van der Waals surface area contributed by atoms with E-state index in [-0.39, 0.29) is 5.57 Å². The minimum Gasteiger partial charge on any atom is -0.351 e. The van der Waals surface area contributed by atoms with E-state index in [2.05, 4.69) is 87.3 Å². The van der Waals surface area contributed by atoms with Crippen LogP contribution in [-0.2, 0) is 4.79 Å². The lowest BCUT2D eigenvalue weighted by Gasteiger charge is -1.96. The van der Waals surface area contributed by atoms with Crippen LogP contribution in [0.4, 0.5) is 0 Å². The van der Waals surface area contributed by atoms with Crippen LogP contribution in [0.2, 0.25) is 0 Å². The van der Waals surface area contributed by atoms with Crippen molar-refractivity contribution >= 4 is 5.91 Å². The standard InChI is InChI=1S/C19H9NO/c1-4-7-9-11-12-13-15-17-18(19(21)20-6-3)16-14-10-8-5-2/h2H,1,6H2,3H3,(H,20,21). The van der Waals surface area contributed by atoms with Gasteiger partial charge >= 0.3 is 0 Å². The van der Waals surface area contributed by atoms with Gasteiger partial charge in [0.05, 0.1) is 0 Å². The third kappa shape index (κ3) is 9.80. The van der Waals surface area contributed by atoms with E-state index in [1.807, 2.05) is 0 Å². The van der Waals surface area contributed by atoms with Crippen molar-refractivity contribution in [2.24, 2.45) is 0 Å². The molecule has 0 saturated carbocycles. The molecule has 0 spiro atoms. The van der Waals surface area contributed by atoms with Crippen LogP contribution < -0.4 is 5.32 Å². The second-order valence-electron chi connectivity index (χ2n) is 2.93. The normalized spacial score (nSPS) is 5.52. The Balaban J connectivity index is 5.91. The fraction of sp³-hybridized carbons (Fsp3) is 0.105. The van der Waals surface area contributed by atoms with Crippen LogP contribution in [0.1, 0.15) is 6.92 Å². The van der Waals surface area contributed by atoms with Gasteiger partial charge in [-0.05, 0) is 83.2 Å². The van der Waals surface area contributed by atoms with Crippen molar-refractivity contribution in [3.8, 4) is 36.0 Å². The lowest BCUT2D eigenvalue weighted by atomic mass is 10.2. The summed E-state index contributed by atoms with van der Waals surface area (Å²) < 4.78 is 0. The average molecular weight is 267 g/mol. The first-order chi connectivity index (χ1) is 10.3. The molecule has 1 amide bonds. The Labute approximate surface area is 124 Å². The molecule has 1 N–H and O–H groups in total. The van der Waals surface area contributed by atoms with E-state index in [4.69, 9.17) is 6.42 Å². The molecule has 0 aromatic rings. The fourth-order valence-electron chi connectivity index (χ4n) is 0.818. The number of hydrogen-bond acceptors (Lipinski definition) is 1. The molecule has 96 valence electrons. The SMILES string of the molecule is C#CC#CC#CC(=C=C=C=C=C=C=C=C=C)C(=O)NCC. The minimum atomic E-state index is -0.393. The molecule has 0 rings (SSSR count). The van der Waals surface area contributed by atoms with E-state index >= 15 is 0 Å². The van der Waals surface area contributed by atoms with Crippen molar-refractivity contribution in [2.75, 3.05) is 6.54 Å². The van der Waals surface area contributed by atoms with Crippen LogP contribution in [0.5, 0.6) is 0 Å². The molecule has 0 radical (unpaired) electrons. The Morgan fingerprint density at radius 2 is 1.71 bits per heavy atom. The maximum Gasteiger partial charge on any atom is 0.268 e. The van der Waals surface area contributed by atoms with Gasteiger partial charge in [-0.1, -0.05) is 5.73 Å². The molecule has 0 atom stereocenters. The number of carbonyl (C=O) groups is 1. The average Bonchev–Trinajstić information content (AvgIpc) is 2.48. The lowest BCUT2D eigenvalue weighted by Crippen LogP contribution is -2.23. The predicted molar refractivity (Wildman–Crippen MR) is 80.3 cm³/mol. The molecule has 21 heavy (non-hydrogen) atoms. The van der Waals surface area contributed by atoms with Crippen LogP contribution in [0.15, 0.2) is 58.0 Å². The van der Waals surface area contributed by atoms with Gasteiger partial charge in [0.2, 0.25) is 0 Å². The summed E-state index contributed by atoms with van der Waals surface area (Å²) in [5, 5.41) is 2.58. The monoisotopic (exact) mass is 267 g/mol. The van der Waals surface area contributed by atoms with Gasteiger partial charge in [0, 0.05) is 6.54 Å². The van der Waals surface area contributed by atoms with Gasteiger partial charge in [0.15, 0.2) is 0 Å². The van der Waals surface area contributed by atoms with Crippen LogP contribution >= 0.6 is 0 Å². The van der Waals surface area contributed by atoms with Crippen LogP contribution in [0.25, 0.3) is 0 Å². The van der Waals surface area contributed by atoms with Crippen molar-refractivity contribution < 1.29 is 4.79 Å². The van der Waals surface area contributed by atoms with Crippen LogP contribution in [0, 0.1) is 36.0 Å². The van der Waals surface area contributed by atoms with Gasteiger partial charge in [-0.2, -0.15) is 0 Å². The van der Waals surface area contributed by atoms with Crippen molar-refractivity contribution in [1.29, 1.82) is 0 Å². The number of likely N-dealkylation sites (N-methyl/N-ethyl adjacent to an activating group) is 1. The number of terminal acetylenes is 1. The van der Waals surface area contributed by atoms with E-state index in [0.717, 1.165) is 0 Å². The summed E-state index contributed by atoms with van der Waals surface area (Å²) in [5.41, 5.74) is 19.7. The Morgan fingerprint density at radius 3 is 2.33 bits per heavy atom. The maximum absolute atomic E-state index is 11.7. The second kappa shape index (κ2) is 12.6. The van der Waals surface area contributed by atoms with Crippen molar-refractivity contribution in [2.45, 2.75) is 6.92 Å². The molecule has 2 heteroatoms. The molecule has 0 fully saturated rings. The van der Waals surface area contributed by atoms with E-state index in [9.17, 15) is 4.79 Å². The highest BCUT2D eigenvalue weighted by Crippen LogP contribution is 1.88. The summed E-state index contributed by atoms with van der Waals surface area (Å²) in [6.07, 6.45) is 4.95. The quantitative estimate of drug-likeness (QED) is 0.459. The molecule has 0 aliphatic carbocycles. The molecule has 0 heterocycles. The van der Waals surface area contributed by atoms with E-state index in [0.29, 0.717) is 6.54 Å². The Hall–Kier alpha value is -3.87. The van der Waals surface area contributed by atoms with Gasteiger partial charge < -0.3 is 5.32 Å². The zero-order valence-electron chi connectivity index (χ0n) is 11.4. The second-order valence-corrected chi connectivity index (χ2v) is 2.93. The molecule has 0 aliphatic rings. The number of nitrogens with one attached hydrogen (secondary N) is 1. The van der Waals surface area contributed by atoms with E-state index < -0.39 is 5.91 Å². The van der Waals surface area contributed by atoms with Crippen molar-refractivity contribution in [1.82, 2.24) is 5.32 Å². The Bertz CT molecular complexity index is 882. The highest BCUT2D eigenvalue weighted by molar-refractivity contribution is 5.97. The first-order valence-corrected chi connectivity index (χ1v) is 5.66. The summed E-state index contributed by atoms with van der Waals surface area (Å²) in [6.45, 7) is 5.54. The van der Waals surface area contributed by atoms with Crippen LogP contribution in [-0.4, -0.2) is 12.5 Å². The highest BCUT2D eigenvalue weighted by atomic mass is 16.1. The summed E-state index contributed by atoms with van der Waals surface area (Å²) in [5.74, 6) is 11.4. The summed E-state index contributed by atoms with van der Waals surface area (Å²) in [7, 11) is 0. The molecule has 0 aliphatic heterocycles. The number of amides is 1. The molecule has 0 saturated heterocycles. The number of carbonyl (C=O) groups excluding carboxylic acids is 1. The molecule has 0 aromatic heterocycles. The van der Waals surface area contributed by atoms with Gasteiger partial charge in [-0.15, -0.1) is 6.42 Å². The predicted octanol–water partition coefficient (Wildman–Crippen LogP) is 1.56. The van der Waals surface area contributed by atoms with Gasteiger partial charge in [-0.25, -0.2) is 0 Å². The van der Waals surface area contributed by atoms with Crippen molar-refractivity contribution in [3.05, 3.63) is 58.0 Å². The molecule has 0 bridgehead atoms. The topological polar surface area (TPSA) is 29.1 Å². The smallest absolute Gasteiger partial charge is 0.268 e. The van der Waals surface area contributed by atoms with Gasteiger partial charge in [-0.3, -0.25) is 4.79 Å². The largest absolute Gasteiger partial charge is 0.351 e. The molecule has 0 aromatic carbocycles. The molecule has 0 unspecified atom stereocenters. The van der Waals surface area contributed by atoms with E-state index in [1.165, 1.54) is 0 Å². The Morgan fingerprint density at radius 1 is 1.05 bits per heavy atom. The minimum absolute atomic E-state index is 0.0583. The first-order valence-electron chi connectivity index (χ1n) is 5.66. The highest BCUT2D eigenvalue weighted by Gasteiger charge is 2.03. The van der Waals surface area contributed by atoms with Gasteiger partial charge in [0.25, 0.3) is 5.91 Å². The maximum atomic E-state index is 11.7. The van der Waals surface area contributed by atoms with Gasteiger partial charge in [0.1, 0.15) is 5.57 Å². The number of hydrogen-bond donors (Lipinski definition) is 1.